The summed E-state index contributed by atoms with van der Waals surface area (Å²) in [7, 11) is 0. The molecule has 0 aromatic carbocycles. The monoisotopic (exact) mass is 288 g/mol. The summed E-state index contributed by atoms with van der Waals surface area (Å²) in [5.74, 6) is 0. The van der Waals surface area contributed by atoms with Crippen LogP contribution < -0.4 is 10.6 Å². The molecule has 0 bridgehead atoms. The van der Waals surface area contributed by atoms with Gasteiger partial charge in [0, 0.05) is 11.7 Å². The molecule has 7 nitrogen and oxygen atoms in total. The van der Waals surface area contributed by atoms with E-state index in [-0.39, 0.29) is 12.1 Å². The molecule has 4 N–H and O–H groups in total. The van der Waals surface area contributed by atoms with E-state index in [1.54, 1.807) is 0 Å². The zero-order chi connectivity index (χ0) is 15.0. The smallest absolute Gasteiger partial charge is 0.319 e. The fourth-order valence-electron chi connectivity index (χ4n) is 2.83. The van der Waals surface area contributed by atoms with Crippen LogP contribution in [0, 0.1) is 20.8 Å². The Labute approximate surface area is 122 Å². The van der Waals surface area contributed by atoms with E-state index in [0.29, 0.717) is 0 Å². The first-order chi connectivity index (χ1) is 10.0. The van der Waals surface area contributed by atoms with Crippen molar-refractivity contribution >= 4 is 11.7 Å². The number of carbonyl (C=O) groups excluding carboxylic acids is 1. The molecule has 1 unspecified atom stereocenters. The van der Waals surface area contributed by atoms with Crippen LogP contribution in [0.3, 0.4) is 0 Å². The molecule has 0 fully saturated rings. The number of aromatic nitrogens is 4. The number of aromatic amines is 2. The van der Waals surface area contributed by atoms with E-state index in [4.69, 9.17) is 0 Å². The lowest BCUT2D eigenvalue weighted by molar-refractivity contribution is 0.247. The Kier molecular flexibility index (Phi) is 3.40. The number of aryl methyl sites for hydroxylation is 4. The maximum Gasteiger partial charge on any atom is 0.319 e. The molecule has 1 aliphatic carbocycles. The molecular formula is C14H20N6O. The summed E-state index contributed by atoms with van der Waals surface area (Å²) in [6, 6.07) is -0.0430. The highest BCUT2D eigenvalue weighted by Crippen LogP contribution is 2.22. The molecule has 1 atom stereocenters. The van der Waals surface area contributed by atoms with Crippen molar-refractivity contribution in [2.45, 2.75) is 46.1 Å². The summed E-state index contributed by atoms with van der Waals surface area (Å²) in [5.41, 5.74) is 5.87. The van der Waals surface area contributed by atoms with E-state index in [1.807, 2.05) is 20.8 Å². The second-order valence-electron chi connectivity index (χ2n) is 5.62. The van der Waals surface area contributed by atoms with Gasteiger partial charge in [0.15, 0.2) is 0 Å². The van der Waals surface area contributed by atoms with Gasteiger partial charge in [0.25, 0.3) is 0 Å². The number of nitrogens with zero attached hydrogens (tertiary/aromatic N) is 2. The molecule has 0 radical (unpaired) electrons. The van der Waals surface area contributed by atoms with Gasteiger partial charge in [-0.2, -0.15) is 10.2 Å². The number of anilines is 1. The van der Waals surface area contributed by atoms with Gasteiger partial charge >= 0.3 is 6.03 Å². The van der Waals surface area contributed by atoms with E-state index in [9.17, 15) is 4.79 Å². The van der Waals surface area contributed by atoms with Crippen molar-refractivity contribution in [3.05, 3.63) is 28.3 Å². The lowest BCUT2D eigenvalue weighted by Gasteiger charge is -2.23. The van der Waals surface area contributed by atoms with E-state index in [0.717, 1.165) is 47.7 Å². The van der Waals surface area contributed by atoms with Gasteiger partial charge in [-0.25, -0.2) is 4.79 Å². The minimum absolute atomic E-state index is 0.140. The largest absolute Gasteiger partial charge is 0.335 e. The van der Waals surface area contributed by atoms with Crippen LogP contribution in [0.2, 0.25) is 0 Å². The number of amides is 2. The highest BCUT2D eigenvalue weighted by Gasteiger charge is 2.24. The van der Waals surface area contributed by atoms with E-state index >= 15 is 0 Å². The number of carbonyl (C=O) groups is 1. The maximum atomic E-state index is 12.1. The third-order valence-electron chi connectivity index (χ3n) is 4.04. The molecule has 7 heteroatoms. The third kappa shape index (κ3) is 2.63. The summed E-state index contributed by atoms with van der Waals surface area (Å²) < 4.78 is 0. The van der Waals surface area contributed by atoms with E-state index in [2.05, 4.69) is 31.0 Å². The van der Waals surface area contributed by atoms with Crippen molar-refractivity contribution in [3.8, 4) is 0 Å². The van der Waals surface area contributed by atoms with Crippen molar-refractivity contribution in [3.63, 3.8) is 0 Å². The van der Waals surface area contributed by atoms with E-state index < -0.39 is 0 Å². The van der Waals surface area contributed by atoms with Gasteiger partial charge in [0.05, 0.1) is 22.8 Å². The number of hydrogen-bond donors (Lipinski definition) is 4. The van der Waals surface area contributed by atoms with Crippen molar-refractivity contribution < 1.29 is 4.79 Å². The summed E-state index contributed by atoms with van der Waals surface area (Å²) in [6.45, 7) is 5.77. The highest BCUT2D eigenvalue weighted by molar-refractivity contribution is 5.90. The van der Waals surface area contributed by atoms with Gasteiger partial charge in [0.2, 0.25) is 0 Å². The molecule has 2 aromatic heterocycles. The number of nitrogens with one attached hydrogen (secondary N) is 4. The van der Waals surface area contributed by atoms with Crippen molar-refractivity contribution in [2.24, 2.45) is 0 Å². The fraction of sp³-hybridized carbons (Fsp3) is 0.500. The molecule has 1 aliphatic rings. The first-order valence-electron chi connectivity index (χ1n) is 7.16. The van der Waals surface area contributed by atoms with Crippen LogP contribution in [0.1, 0.15) is 34.8 Å². The Balaban J connectivity index is 1.63. The SMILES string of the molecule is Cc1n[nH]c(C)c1NC(=O)NC1CCc2n[nH]c(C)c2C1. The number of fused-ring (bicyclic) bond motifs is 1. The molecule has 0 spiro atoms. The summed E-state index contributed by atoms with van der Waals surface area (Å²) in [5, 5.41) is 20.1. The Morgan fingerprint density at radius 2 is 1.95 bits per heavy atom. The Morgan fingerprint density at radius 3 is 2.67 bits per heavy atom. The van der Waals surface area contributed by atoms with E-state index in [1.165, 1.54) is 5.56 Å². The zero-order valence-corrected chi connectivity index (χ0v) is 12.5. The van der Waals surface area contributed by atoms with Crippen molar-refractivity contribution in [2.75, 3.05) is 5.32 Å². The molecule has 2 amide bonds. The quantitative estimate of drug-likeness (QED) is 0.677. The lowest BCUT2D eigenvalue weighted by atomic mass is 9.92. The van der Waals surface area contributed by atoms with Crippen molar-refractivity contribution in [1.29, 1.82) is 0 Å². The molecular weight excluding hydrogens is 268 g/mol. The van der Waals surface area contributed by atoms with Crippen molar-refractivity contribution in [1.82, 2.24) is 25.7 Å². The Bertz CT molecular complexity index is 652. The van der Waals surface area contributed by atoms with Gasteiger partial charge < -0.3 is 10.6 Å². The molecule has 112 valence electrons. The number of rotatable bonds is 2. The van der Waals surface area contributed by atoms with Crippen LogP contribution in [0.5, 0.6) is 0 Å². The molecule has 0 aliphatic heterocycles. The number of urea groups is 1. The first kappa shape index (κ1) is 13.7. The average molecular weight is 288 g/mol. The molecule has 2 aromatic rings. The average Bonchev–Trinajstić information content (AvgIpc) is 2.97. The third-order valence-corrected chi connectivity index (χ3v) is 4.04. The summed E-state index contributed by atoms with van der Waals surface area (Å²) >= 11 is 0. The second kappa shape index (κ2) is 5.23. The Hall–Kier alpha value is -2.31. The Morgan fingerprint density at radius 1 is 1.19 bits per heavy atom. The van der Waals surface area contributed by atoms with Crippen LogP contribution in [-0.4, -0.2) is 32.5 Å². The lowest BCUT2D eigenvalue weighted by Crippen LogP contribution is -2.41. The summed E-state index contributed by atoms with van der Waals surface area (Å²) in [6.07, 6.45) is 2.64. The predicted octanol–water partition coefficient (Wildman–Crippen LogP) is 1.74. The predicted molar refractivity (Wildman–Crippen MR) is 79.4 cm³/mol. The van der Waals surface area contributed by atoms with Gasteiger partial charge in [0.1, 0.15) is 0 Å². The minimum Gasteiger partial charge on any atom is -0.335 e. The van der Waals surface area contributed by atoms with Crippen LogP contribution >= 0.6 is 0 Å². The minimum atomic E-state index is -0.183. The standard InChI is InChI=1S/C14H20N6O/c1-7-11-6-10(4-5-12(11)20-17-7)15-14(21)16-13-8(2)18-19-9(13)3/h10H,4-6H2,1-3H3,(H,17,20)(H,18,19)(H2,15,16,21). The second-order valence-corrected chi connectivity index (χ2v) is 5.62. The summed E-state index contributed by atoms with van der Waals surface area (Å²) in [4.78, 5) is 12.1. The normalized spacial score (nSPS) is 17.4. The molecule has 21 heavy (non-hydrogen) atoms. The maximum absolute atomic E-state index is 12.1. The molecule has 2 heterocycles. The topological polar surface area (TPSA) is 98.5 Å². The van der Waals surface area contributed by atoms with Crippen LogP contribution in [0.25, 0.3) is 0 Å². The molecule has 3 rings (SSSR count). The fourth-order valence-corrected chi connectivity index (χ4v) is 2.83. The molecule has 0 saturated heterocycles. The number of hydrogen-bond acceptors (Lipinski definition) is 3. The molecule has 0 saturated carbocycles. The van der Waals surface area contributed by atoms with Gasteiger partial charge in [-0.05, 0) is 45.6 Å². The van der Waals surface area contributed by atoms with Gasteiger partial charge in [-0.1, -0.05) is 0 Å². The van der Waals surface area contributed by atoms with Crippen LogP contribution in [0.15, 0.2) is 0 Å². The van der Waals surface area contributed by atoms with Crippen LogP contribution in [0.4, 0.5) is 10.5 Å². The first-order valence-corrected chi connectivity index (χ1v) is 7.16. The van der Waals surface area contributed by atoms with Gasteiger partial charge in [-0.3, -0.25) is 10.2 Å². The van der Waals surface area contributed by atoms with Gasteiger partial charge in [-0.15, -0.1) is 0 Å². The number of H-pyrrole nitrogens is 2. The van der Waals surface area contributed by atoms with Crippen LogP contribution in [-0.2, 0) is 12.8 Å². The highest BCUT2D eigenvalue weighted by atomic mass is 16.2. The zero-order valence-electron chi connectivity index (χ0n) is 12.5.